The van der Waals surface area contributed by atoms with Crippen LogP contribution in [0.5, 0.6) is 0 Å². The van der Waals surface area contributed by atoms with Gasteiger partial charge in [-0.25, -0.2) is 8.42 Å². The molecule has 1 aliphatic heterocycles. The number of aryl methyl sites for hydroxylation is 2. The van der Waals surface area contributed by atoms with E-state index in [2.05, 4.69) is 10.2 Å². The number of nitrogens with one attached hydrogen (secondary N) is 1. The van der Waals surface area contributed by atoms with Crippen LogP contribution in [-0.4, -0.2) is 47.2 Å². The molecule has 1 unspecified atom stereocenters. The lowest BCUT2D eigenvalue weighted by atomic mass is 10.2. The summed E-state index contributed by atoms with van der Waals surface area (Å²) in [5, 5.41) is 15.8. The number of hydrogen-bond donors (Lipinski definition) is 2. The van der Waals surface area contributed by atoms with Crippen molar-refractivity contribution in [2.24, 2.45) is 0 Å². The number of aromatic nitrogens is 2. The van der Waals surface area contributed by atoms with Crippen molar-refractivity contribution < 1.29 is 13.5 Å². The zero-order chi connectivity index (χ0) is 12.6. The Balaban J connectivity index is 2.43. The topological polar surface area (TPSA) is 86.3 Å². The molecule has 0 aliphatic carbocycles. The molecular formula is C10H17N3O3S. The van der Waals surface area contributed by atoms with Crippen molar-refractivity contribution in [1.29, 1.82) is 0 Å². The van der Waals surface area contributed by atoms with Gasteiger partial charge in [-0.2, -0.15) is 9.40 Å². The highest BCUT2D eigenvalue weighted by Crippen LogP contribution is 2.28. The van der Waals surface area contributed by atoms with Crippen LogP contribution in [0.3, 0.4) is 0 Å². The third-order valence-electron chi connectivity index (χ3n) is 3.16. The second kappa shape index (κ2) is 4.40. The molecule has 2 N–H and O–H groups in total. The van der Waals surface area contributed by atoms with Crippen molar-refractivity contribution in [3.63, 3.8) is 0 Å². The van der Waals surface area contributed by atoms with Gasteiger partial charge in [0.2, 0.25) is 10.0 Å². The van der Waals surface area contributed by atoms with Crippen LogP contribution in [0.1, 0.15) is 24.2 Å². The molecule has 0 spiro atoms. The highest BCUT2D eigenvalue weighted by atomic mass is 32.2. The van der Waals surface area contributed by atoms with Gasteiger partial charge < -0.3 is 5.11 Å². The van der Waals surface area contributed by atoms with E-state index < -0.39 is 10.0 Å². The average Bonchev–Trinajstić information content (AvgIpc) is 2.85. The van der Waals surface area contributed by atoms with Gasteiger partial charge in [-0.05, 0) is 26.7 Å². The summed E-state index contributed by atoms with van der Waals surface area (Å²) in [5.74, 6) is 0. The fraction of sp³-hybridized carbons (Fsp3) is 0.700. The largest absolute Gasteiger partial charge is 0.395 e. The van der Waals surface area contributed by atoms with E-state index in [0.717, 1.165) is 6.42 Å². The van der Waals surface area contributed by atoms with Crippen molar-refractivity contribution >= 4 is 10.0 Å². The van der Waals surface area contributed by atoms with E-state index in [0.29, 0.717) is 24.4 Å². The Labute approximate surface area is 101 Å². The number of rotatable bonds is 3. The van der Waals surface area contributed by atoms with Crippen LogP contribution in [0.25, 0.3) is 0 Å². The zero-order valence-corrected chi connectivity index (χ0v) is 10.8. The molecule has 1 aromatic heterocycles. The SMILES string of the molecule is Cc1n[nH]c(C)c1S(=O)(=O)N1CCCC1CO. The molecule has 96 valence electrons. The number of H-pyrrole nitrogens is 1. The van der Waals surface area contributed by atoms with E-state index in [4.69, 9.17) is 0 Å². The predicted octanol–water partition coefficient (Wildman–Crippen LogP) is 0.172. The maximum absolute atomic E-state index is 12.5. The standard InChI is InChI=1S/C10H17N3O3S/c1-7-10(8(2)12-11-7)17(15,16)13-5-3-4-9(13)6-14/h9,14H,3-6H2,1-2H3,(H,11,12). The minimum absolute atomic E-state index is 0.130. The van der Waals surface area contributed by atoms with Crippen LogP contribution in [-0.2, 0) is 10.0 Å². The molecule has 1 fully saturated rings. The highest BCUT2D eigenvalue weighted by molar-refractivity contribution is 7.89. The highest BCUT2D eigenvalue weighted by Gasteiger charge is 2.37. The second-order valence-corrected chi connectivity index (χ2v) is 6.18. The van der Waals surface area contributed by atoms with E-state index in [-0.39, 0.29) is 17.5 Å². The summed E-state index contributed by atoms with van der Waals surface area (Å²) >= 11 is 0. The zero-order valence-electron chi connectivity index (χ0n) is 9.97. The summed E-state index contributed by atoms with van der Waals surface area (Å²) in [7, 11) is -3.54. The maximum Gasteiger partial charge on any atom is 0.247 e. The first-order valence-corrected chi connectivity index (χ1v) is 7.06. The van der Waals surface area contributed by atoms with Gasteiger partial charge in [0.15, 0.2) is 0 Å². The van der Waals surface area contributed by atoms with Gasteiger partial charge in [-0.1, -0.05) is 0 Å². The van der Waals surface area contributed by atoms with Crippen LogP contribution in [0.2, 0.25) is 0 Å². The van der Waals surface area contributed by atoms with Gasteiger partial charge >= 0.3 is 0 Å². The summed E-state index contributed by atoms with van der Waals surface area (Å²) in [6.07, 6.45) is 1.51. The fourth-order valence-corrected chi connectivity index (χ4v) is 4.37. The van der Waals surface area contributed by atoms with E-state index in [1.54, 1.807) is 13.8 Å². The Kier molecular flexibility index (Phi) is 3.24. The van der Waals surface area contributed by atoms with Gasteiger partial charge in [-0.15, -0.1) is 0 Å². The van der Waals surface area contributed by atoms with Crippen molar-refractivity contribution in [3.05, 3.63) is 11.4 Å². The van der Waals surface area contributed by atoms with E-state index >= 15 is 0 Å². The van der Waals surface area contributed by atoms with Gasteiger partial charge in [0, 0.05) is 12.6 Å². The Morgan fingerprint density at radius 2 is 2.24 bits per heavy atom. The maximum atomic E-state index is 12.5. The number of sulfonamides is 1. The molecule has 0 saturated carbocycles. The Bertz CT molecular complexity index is 489. The smallest absolute Gasteiger partial charge is 0.247 e. The third kappa shape index (κ3) is 1.98. The molecule has 1 aromatic rings. The molecule has 1 atom stereocenters. The number of aromatic amines is 1. The molecule has 0 aromatic carbocycles. The summed E-state index contributed by atoms with van der Waals surface area (Å²) in [6.45, 7) is 3.70. The first kappa shape index (κ1) is 12.5. The molecule has 2 heterocycles. The summed E-state index contributed by atoms with van der Waals surface area (Å²) in [4.78, 5) is 0.248. The minimum atomic E-state index is -3.54. The van der Waals surface area contributed by atoms with Crippen LogP contribution in [0, 0.1) is 13.8 Å². The Morgan fingerprint density at radius 1 is 1.53 bits per heavy atom. The number of aliphatic hydroxyl groups excluding tert-OH is 1. The normalized spacial score (nSPS) is 22.2. The number of nitrogens with zero attached hydrogens (tertiary/aromatic N) is 2. The molecule has 1 aliphatic rings. The van der Waals surface area contributed by atoms with Crippen molar-refractivity contribution in [3.8, 4) is 0 Å². The molecule has 0 bridgehead atoms. The molecule has 6 nitrogen and oxygen atoms in total. The lowest BCUT2D eigenvalue weighted by Gasteiger charge is -2.22. The Morgan fingerprint density at radius 3 is 2.76 bits per heavy atom. The first-order chi connectivity index (χ1) is 7.98. The predicted molar refractivity (Wildman–Crippen MR) is 62.1 cm³/mol. The average molecular weight is 259 g/mol. The molecule has 0 amide bonds. The van der Waals surface area contributed by atoms with E-state index in [9.17, 15) is 13.5 Å². The Hall–Kier alpha value is -0.920. The molecule has 0 radical (unpaired) electrons. The van der Waals surface area contributed by atoms with Crippen LogP contribution in [0.15, 0.2) is 4.90 Å². The summed E-state index contributed by atoms with van der Waals surface area (Å²) in [6, 6.07) is -0.298. The van der Waals surface area contributed by atoms with Crippen LogP contribution in [0.4, 0.5) is 0 Å². The van der Waals surface area contributed by atoms with Crippen LogP contribution >= 0.6 is 0 Å². The van der Waals surface area contributed by atoms with Crippen molar-refractivity contribution in [2.45, 2.75) is 37.6 Å². The minimum Gasteiger partial charge on any atom is -0.395 e. The molecular weight excluding hydrogens is 242 g/mol. The first-order valence-electron chi connectivity index (χ1n) is 5.62. The van der Waals surface area contributed by atoms with E-state index in [1.165, 1.54) is 4.31 Å². The van der Waals surface area contributed by atoms with Gasteiger partial charge in [-0.3, -0.25) is 5.10 Å². The summed E-state index contributed by atoms with van der Waals surface area (Å²) in [5.41, 5.74) is 1.03. The molecule has 2 rings (SSSR count). The number of hydrogen-bond acceptors (Lipinski definition) is 4. The van der Waals surface area contributed by atoms with Crippen molar-refractivity contribution in [1.82, 2.24) is 14.5 Å². The van der Waals surface area contributed by atoms with Gasteiger partial charge in [0.05, 0.1) is 18.0 Å². The fourth-order valence-electron chi connectivity index (χ4n) is 2.35. The third-order valence-corrected chi connectivity index (χ3v) is 5.38. The second-order valence-electron chi connectivity index (χ2n) is 4.36. The summed E-state index contributed by atoms with van der Waals surface area (Å²) < 4.78 is 26.3. The lowest BCUT2D eigenvalue weighted by Crippen LogP contribution is -2.38. The van der Waals surface area contributed by atoms with Crippen LogP contribution < -0.4 is 0 Å². The van der Waals surface area contributed by atoms with Gasteiger partial charge in [0.1, 0.15) is 4.90 Å². The molecule has 1 saturated heterocycles. The quantitative estimate of drug-likeness (QED) is 0.810. The molecule has 7 heteroatoms. The lowest BCUT2D eigenvalue weighted by molar-refractivity contribution is 0.213. The van der Waals surface area contributed by atoms with Crippen molar-refractivity contribution in [2.75, 3.05) is 13.2 Å². The van der Waals surface area contributed by atoms with Gasteiger partial charge in [0.25, 0.3) is 0 Å². The monoisotopic (exact) mass is 259 g/mol. The molecule has 17 heavy (non-hydrogen) atoms. The number of aliphatic hydroxyl groups is 1. The van der Waals surface area contributed by atoms with E-state index in [1.807, 2.05) is 0 Å².